The van der Waals surface area contributed by atoms with Crippen LogP contribution in [0.4, 0.5) is 0 Å². The van der Waals surface area contributed by atoms with Crippen molar-refractivity contribution in [2.45, 2.75) is 45.3 Å². The zero-order valence-corrected chi connectivity index (χ0v) is 11.5. The molecule has 0 amide bonds. The van der Waals surface area contributed by atoms with Crippen LogP contribution in [0.1, 0.15) is 38.6 Å². The Morgan fingerprint density at radius 1 is 1.56 bits per heavy atom. The van der Waals surface area contributed by atoms with Crippen molar-refractivity contribution in [2.75, 3.05) is 11.9 Å². The highest BCUT2D eigenvalue weighted by Gasteiger charge is 2.25. The third-order valence-electron chi connectivity index (χ3n) is 3.16. The molecule has 4 nitrogen and oxygen atoms in total. The molecule has 0 bridgehead atoms. The van der Waals surface area contributed by atoms with E-state index in [2.05, 4.69) is 44.8 Å². The largest absolute Gasteiger partial charge is 0.292 e. The lowest BCUT2D eigenvalue weighted by Crippen LogP contribution is -2.31. The van der Waals surface area contributed by atoms with Gasteiger partial charge in [-0.1, -0.05) is 15.9 Å². The van der Waals surface area contributed by atoms with Gasteiger partial charge in [0.15, 0.2) is 0 Å². The Balaban J connectivity index is 2.05. The van der Waals surface area contributed by atoms with Gasteiger partial charge in [0.05, 0.1) is 6.54 Å². The molecule has 1 atom stereocenters. The second-order valence-corrected chi connectivity index (χ2v) is 5.28. The Labute approximate surface area is 105 Å². The summed E-state index contributed by atoms with van der Waals surface area (Å²) < 4.78 is 2.02. The fourth-order valence-electron chi connectivity index (χ4n) is 2.28. The zero-order valence-electron chi connectivity index (χ0n) is 9.93. The summed E-state index contributed by atoms with van der Waals surface area (Å²) >= 11 is 3.58. The quantitative estimate of drug-likeness (QED) is 0.796. The fourth-order valence-corrected chi connectivity index (χ4v) is 3.01. The highest BCUT2D eigenvalue weighted by molar-refractivity contribution is 9.09. The summed E-state index contributed by atoms with van der Waals surface area (Å²) in [7, 11) is 0. The van der Waals surface area contributed by atoms with E-state index in [9.17, 15) is 0 Å². The van der Waals surface area contributed by atoms with Crippen LogP contribution < -0.4 is 0 Å². The standard InChI is InChI=1S/C11H19BrN4/c1-9(2)16-11(13-8-14-16)7-15-5-3-4-10(15)6-12/h8-10H,3-7H2,1-2H3. The molecule has 0 aromatic carbocycles. The SMILES string of the molecule is CC(C)n1ncnc1CN1CCCC1CBr. The maximum absolute atomic E-state index is 4.36. The zero-order chi connectivity index (χ0) is 11.5. The van der Waals surface area contributed by atoms with E-state index in [0.29, 0.717) is 12.1 Å². The first-order valence-electron chi connectivity index (χ1n) is 5.90. The van der Waals surface area contributed by atoms with Crippen LogP contribution in [0.3, 0.4) is 0 Å². The number of rotatable bonds is 4. The maximum Gasteiger partial charge on any atom is 0.141 e. The van der Waals surface area contributed by atoms with Gasteiger partial charge in [0, 0.05) is 17.4 Å². The number of aromatic nitrogens is 3. The molecule has 90 valence electrons. The van der Waals surface area contributed by atoms with Gasteiger partial charge in [-0.25, -0.2) is 9.67 Å². The molecular formula is C11H19BrN4. The highest BCUT2D eigenvalue weighted by Crippen LogP contribution is 2.21. The first-order valence-corrected chi connectivity index (χ1v) is 7.03. The second kappa shape index (κ2) is 5.27. The molecule has 2 heterocycles. The number of alkyl halides is 1. The third kappa shape index (κ3) is 2.46. The Kier molecular flexibility index (Phi) is 3.97. The van der Waals surface area contributed by atoms with Crippen molar-refractivity contribution in [3.05, 3.63) is 12.2 Å². The van der Waals surface area contributed by atoms with Crippen LogP contribution in [0.2, 0.25) is 0 Å². The van der Waals surface area contributed by atoms with Crippen LogP contribution in [0.25, 0.3) is 0 Å². The molecule has 1 aliphatic heterocycles. The van der Waals surface area contributed by atoms with Crippen molar-refractivity contribution >= 4 is 15.9 Å². The Morgan fingerprint density at radius 2 is 2.38 bits per heavy atom. The molecule has 2 rings (SSSR count). The van der Waals surface area contributed by atoms with Crippen molar-refractivity contribution in [1.29, 1.82) is 0 Å². The molecule has 0 N–H and O–H groups in total. The number of hydrogen-bond donors (Lipinski definition) is 0. The van der Waals surface area contributed by atoms with Crippen LogP contribution in [0.5, 0.6) is 0 Å². The lowest BCUT2D eigenvalue weighted by atomic mass is 10.2. The first kappa shape index (κ1) is 12.0. The lowest BCUT2D eigenvalue weighted by molar-refractivity contribution is 0.250. The number of halogens is 1. The van der Waals surface area contributed by atoms with Gasteiger partial charge in [-0.15, -0.1) is 0 Å². The van der Waals surface area contributed by atoms with Gasteiger partial charge in [-0.05, 0) is 33.2 Å². The normalized spacial score (nSPS) is 22.1. The van der Waals surface area contributed by atoms with E-state index in [0.717, 1.165) is 17.7 Å². The Bertz CT molecular complexity index is 336. The molecule has 1 aromatic heterocycles. The molecular weight excluding hydrogens is 268 g/mol. The fraction of sp³-hybridized carbons (Fsp3) is 0.818. The van der Waals surface area contributed by atoms with E-state index in [1.54, 1.807) is 6.33 Å². The minimum absolute atomic E-state index is 0.391. The second-order valence-electron chi connectivity index (χ2n) is 4.64. The van der Waals surface area contributed by atoms with Gasteiger partial charge in [-0.2, -0.15) is 5.10 Å². The molecule has 1 saturated heterocycles. The smallest absolute Gasteiger partial charge is 0.141 e. The van der Waals surface area contributed by atoms with Gasteiger partial charge >= 0.3 is 0 Å². The van der Waals surface area contributed by atoms with Crippen LogP contribution in [-0.2, 0) is 6.54 Å². The molecule has 0 saturated carbocycles. The van der Waals surface area contributed by atoms with Gasteiger partial charge in [0.1, 0.15) is 12.2 Å². The van der Waals surface area contributed by atoms with Gasteiger partial charge < -0.3 is 0 Å². The average molecular weight is 287 g/mol. The summed E-state index contributed by atoms with van der Waals surface area (Å²) in [5.41, 5.74) is 0. The monoisotopic (exact) mass is 286 g/mol. The van der Waals surface area contributed by atoms with E-state index < -0.39 is 0 Å². The van der Waals surface area contributed by atoms with Crippen LogP contribution in [0, 0.1) is 0 Å². The summed E-state index contributed by atoms with van der Waals surface area (Å²) in [6.07, 6.45) is 4.25. The molecule has 0 aliphatic carbocycles. The van der Waals surface area contributed by atoms with E-state index in [1.165, 1.54) is 19.4 Å². The number of hydrogen-bond acceptors (Lipinski definition) is 3. The molecule has 1 fully saturated rings. The van der Waals surface area contributed by atoms with E-state index >= 15 is 0 Å². The molecule has 16 heavy (non-hydrogen) atoms. The van der Waals surface area contributed by atoms with Crippen molar-refractivity contribution in [3.8, 4) is 0 Å². The highest BCUT2D eigenvalue weighted by atomic mass is 79.9. The summed E-state index contributed by atoms with van der Waals surface area (Å²) in [5, 5.41) is 5.33. The minimum atomic E-state index is 0.391. The average Bonchev–Trinajstić information content (AvgIpc) is 2.86. The van der Waals surface area contributed by atoms with Crippen molar-refractivity contribution < 1.29 is 0 Å². The van der Waals surface area contributed by atoms with Crippen molar-refractivity contribution in [2.24, 2.45) is 0 Å². The predicted octanol–water partition coefficient (Wildman–Crippen LogP) is 2.22. The van der Waals surface area contributed by atoms with Crippen molar-refractivity contribution in [1.82, 2.24) is 19.7 Å². The maximum atomic E-state index is 4.36. The van der Waals surface area contributed by atoms with Crippen molar-refractivity contribution in [3.63, 3.8) is 0 Å². The van der Waals surface area contributed by atoms with Crippen LogP contribution in [-0.4, -0.2) is 37.6 Å². The van der Waals surface area contributed by atoms with E-state index in [1.807, 2.05) is 4.68 Å². The van der Waals surface area contributed by atoms with Crippen LogP contribution >= 0.6 is 15.9 Å². The Morgan fingerprint density at radius 3 is 3.06 bits per heavy atom. The summed E-state index contributed by atoms with van der Waals surface area (Å²) in [6.45, 7) is 6.39. The molecule has 0 radical (unpaired) electrons. The number of nitrogens with zero attached hydrogens (tertiary/aromatic N) is 4. The minimum Gasteiger partial charge on any atom is -0.292 e. The molecule has 5 heteroatoms. The Hall–Kier alpha value is -0.420. The van der Waals surface area contributed by atoms with E-state index in [-0.39, 0.29) is 0 Å². The lowest BCUT2D eigenvalue weighted by Gasteiger charge is -2.22. The van der Waals surface area contributed by atoms with Gasteiger partial charge in [-0.3, -0.25) is 4.90 Å². The molecule has 0 spiro atoms. The summed E-state index contributed by atoms with van der Waals surface area (Å²) in [5.74, 6) is 1.09. The topological polar surface area (TPSA) is 34.0 Å². The van der Waals surface area contributed by atoms with Crippen LogP contribution in [0.15, 0.2) is 6.33 Å². The predicted molar refractivity (Wildman–Crippen MR) is 67.6 cm³/mol. The van der Waals surface area contributed by atoms with Gasteiger partial charge in [0.2, 0.25) is 0 Å². The third-order valence-corrected chi connectivity index (χ3v) is 3.91. The number of likely N-dealkylation sites (tertiary alicyclic amines) is 1. The first-order chi connectivity index (χ1) is 7.72. The van der Waals surface area contributed by atoms with E-state index in [4.69, 9.17) is 0 Å². The summed E-state index contributed by atoms with van der Waals surface area (Å²) in [4.78, 5) is 6.86. The molecule has 1 aliphatic rings. The van der Waals surface area contributed by atoms with Gasteiger partial charge in [0.25, 0.3) is 0 Å². The molecule has 1 unspecified atom stereocenters. The summed E-state index contributed by atoms with van der Waals surface area (Å²) in [6, 6.07) is 1.06. The molecule has 1 aromatic rings.